The van der Waals surface area contributed by atoms with Crippen LogP contribution in [0.3, 0.4) is 0 Å². The zero-order valence-corrected chi connectivity index (χ0v) is 17.6. The van der Waals surface area contributed by atoms with Gasteiger partial charge in [0, 0.05) is 21.4 Å². The minimum atomic E-state index is -0.374. The summed E-state index contributed by atoms with van der Waals surface area (Å²) in [7, 11) is 0. The first-order chi connectivity index (χ1) is 15.2. The molecule has 6 nitrogen and oxygen atoms in total. The quantitative estimate of drug-likeness (QED) is 0.188. The second-order valence-corrected chi connectivity index (χ2v) is 8.67. The Hall–Kier alpha value is -3.49. The molecular weight excluding hydrogens is 428 g/mol. The highest BCUT2D eigenvalue weighted by Gasteiger charge is 2.26. The fraction of sp³-hybridized carbons (Fsp3) is 0. The second-order valence-electron chi connectivity index (χ2n) is 6.58. The van der Waals surface area contributed by atoms with Crippen molar-refractivity contribution in [3.63, 3.8) is 0 Å². The number of hydrogen-bond acceptors (Lipinski definition) is 7. The van der Waals surface area contributed by atoms with Gasteiger partial charge >= 0.3 is 0 Å². The molecule has 0 atom stereocenters. The molecule has 0 saturated heterocycles. The average Bonchev–Trinajstić information content (AvgIpc) is 2.97. The number of para-hydroxylation sites is 1. The Morgan fingerprint density at radius 1 is 0.839 bits per heavy atom. The van der Waals surface area contributed by atoms with E-state index in [1.54, 1.807) is 18.2 Å². The molecule has 0 unspecified atom stereocenters. The number of nitrogens with zero attached hydrogens (tertiary/aromatic N) is 4. The molecule has 1 aliphatic rings. The van der Waals surface area contributed by atoms with Gasteiger partial charge in [-0.2, -0.15) is 0 Å². The summed E-state index contributed by atoms with van der Waals surface area (Å²) in [5.41, 5.74) is 2.46. The van der Waals surface area contributed by atoms with Crippen LogP contribution in [0, 0.1) is 10.1 Å². The second kappa shape index (κ2) is 8.33. The van der Waals surface area contributed by atoms with Crippen molar-refractivity contribution in [2.75, 3.05) is 0 Å². The smallest absolute Gasteiger partial charge is 0.258 e. The number of nitro benzene ring substituents is 1. The molecule has 2 heterocycles. The third kappa shape index (κ3) is 3.83. The summed E-state index contributed by atoms with van der Waals surface area (Å²) in [5, 5.41) is 13.2. The van der Waals surface area contributed by atoms with E-state index in [9.17, 15) is 10.1 Å². The minimum absolute atomic E-state index is 0.0126. The van der Waals surface area contributed by atoms with Gasteiger partial charge in [0.25, 0.3) is 5.69 Å². The van der Waals surface area contributed by atoms with Crippen LogP contribution in [0.25, 0.3) is 0 Å². The van der Waals surface area contributed by atoms with Crippen molar-refractivity contribution in [2.24, 2.45) is 4.99 Å². The summed E-state index contributed by atoms with van der Waals surface area (Å²) in [5.74, 6) is 0. The predicted molar refractivity (Wildman–Crippen MR) is 122 cm³/mol. The lowest BCUT2D eigenvalue weighted by Crippen LogP contribution is -2.07. The topological polar surface area (TPSA) is 81.3 Å². The lowest BCUT2D eigenvalue weighted by molar-refractivity contribution is -0.385. The van der Waals surface area contributed by atoms with E-state index in [-0.39, 0.29) is 10.6 Å². The number of aromatic nitrogens is 2. The number of fused-ring (bicyclic) bond motifs is 2. The average molecular weight is 443 g/mol. The lowest BCUT2D eigenvalue weighted by atomic mass is 10.0. The predicted octanol–water partition coefficient (Wildman–Crippen LogP) is 6.17. The van der Waals surface area contributed by atoms with Crippen LogP contribution in [-0.2, 0) is 0 Å². The summed E-state index contributed by atoms with van der Waals surface area (Å²) >= 11 is 2.98. The van der Waals surface area contributed by atoms with E-state index >= 15 is 0 Å². The van der Waals surface area contributed by atoms with Gasteiger partial charge in [-0.25, -0.2) is 15.0 Å². The molecular formula is C23H14N4O2S2. The normalized spacial score (nSPS) is 12.3. The number of benzene rings is 3. The third-order valence-corrected chi connectivity index (χ3v) is 6.71. The maximum atomic E-state index is 11.7. The maximum Gasteiger partial charge on any atom is 0.278 e. The number of rotatable bonds is 4. The van der Waals surface area contributed by atoms with E-state index in [1.165, 1.54) is 35.9 Å². The molecule has 4 aromatic rings. The van der Waals surface area contributed by atoms with Crippen LogP contribution in [0.1, 0.15) is 11.1 Å². The van der Waals surface area contributed by atoms with Crippen LogP contribution in [-0.4, -0.2) is 20.6 Å². The van der Waals surface area contributed by atoms with Gasteiger partial charge in [-0.05, 0) is 24.3 Å². The van der Waals surface area contributed by atoms with Crippen molar-refractivity contribution in [1.29, 1.82) is 0 Å². The van der Waals surface area contributed by atoms with Crippen molar-refractivity contribution in [1.82, 2.24) is 9.97 Å². The molecule has 150 valence electrons. The maximum absolute atomic E-state index is 11.7. The third-order valence-electron chi connectivity index (χ3n) is 4.64. The van der Waals surface area contributed by atoms with E-state index in [1.807, 2.05) is 54.6 Å². The summed E-state index contributed by atoms with van der Waals surface area (Å²) in [6.45, 7) is 0. The molecule has 0 fully saturated rings. The van der Waals surface area contributed by atoms with Gasteiger partial charge in [0.2, 0.25) is 0 Å². The molecule has 0 radical (unpaired) electrons. The first-order valence-corrected chi connectivity index (χ1v) is 11.0. The molecule has 0 N–H and O–H groups in total. The molecule has 0 saturated carbocycles. The largest absolute Gasteiger partial charge is 0.278 e. The van der Waals surface area contributed by atoms with Gasteiger partial charge < -0.3 is 0 Å². The number of aliphatic imine (C=N–C) groups is 1. The summed E-state index contributed by atoms with van der Waals surface area (Å²) < 4.78 is 0. The fourth-order valence-electron chi connectivity index (χ4n) is 3.26. The zero-order chi connectivity index (χ0) is 21.2. The van der Waals surface area contributed by atoms with E-state index in [2.05, 4.69) is 9.97 Å². The molecule has 1 aromatic heterocycles. The minimum Gasteiger partial charge on any atom is -0.258 e. The molecule has 31 heavy (non-hydrogen) atoms. The Labute approximate surface area is 186 Å². The lowest BCUT2D eigenvalue weighted by Gasteiger charge is -2.09. The molecule has 5 rings (SSSR count). The first-order valence-electron chi connectivity index (χ1n) is 9.38. The highest BCUT2D eigenvalue weighted by Crippen LogP contribution is 2.45. The van der Waals surface area contributed by atoms with Crippen molar-refractivity contribution in [3.05, 3.63) is 106 Å². The van der Waals surface area contributed by atoms with Crippen LogP contribution in [0.4, 0.5) is 11.4 Å². The molecule has 8 heteroatoms. The van der Waals surface area contributed by atoms with Crippen LogP contribution in [0.5, 0.6) is 0 Å². The van der Waals surface area contributed by atoms with Gasteiger partial charge in [-0.1, -0.05) is 72.1 Å². The first kappa shape index (κ1) is 19.5. The summed E-state index contributed by atoms with van der Waals surface area (Å²) in [4.78, 5) is 27.2. The van der Waals surface area contributed by atoms with Gasteiger partial charge in [0.15, 0.2) is 0 Å². The van der Waals surface area contributed by atoms with Crippen molar-refractivity contribution >= 4 is 40.6 Å². The van der Waals surface area contributed by atoms with Gasteiger partial charge in [-0.3, -0.25) is 10.1 Å². The molecule has 3 aromatic carbocycles. The van der Waals surface area contributed by atoms with Crippen molar-refractivity contribution in [2.45, 2.75) is 19.8 Å². The Morgan fingerprint density at radius 2 is 1.55 bits per heavy atom. The highest BCUT2D eigenvalue weighted by atomic mass is 32.2. The van der Waals surface area contributed by atoms with E-state index < -0.39 is 0 Å². The standard InChI is InChI=1S/C23H14N4O2S2/c28-27(29)18-12-6-4-10-16(18)20-17-11-5-7-13-19(17)31-23-21(26-20)22(24-14-25-23)30-15-8-2-1-3-9-15/h1-14H. The molecule has 0 bridgehead atoms. The van der Waals surface area contributed by atoms with Crippen LogP contribution in [0.15, 0.2) is 110 Å². The zero-order valence-electron chi connectivity index (χ0n) is 16.0. The SMILES string of the molecule is O=[N+]([O-])c1ccccc1C1=Nc2c(Sc3ccccc3)ncnc2Sc2ccccc21. The fourth-order valence-corrected chi connectivity index (χ4v) is 5.15. The Bertz CT molecular complexity index is 1330. The Balaban J connectivity index is 1.75. The highest BCUT2D eigenvalue weighted by molar-refractivity contribution is 8.00. The van der Waals surface area contributed by atoms with Crippen LogP contribution >= 0.6 is 23.5 Å². The van der Waals surface area contributed by atoms with E-state index in [0.717, 1.165) is 20.4 Å². The van der Waals surface area contributed by atoms with Gasteiger partial charge in [0.05, 0.1) is 16.2 Å². The molecule has 0 spiro atoms. The Morgan fingerprint density at radius 3 is 2.35 bits per heavy atom. The van der Waals surface area contributed by atoms with E-state index in [4.69, 9.17) is 4.99 Å². The number of hydrogen-bond donors (Lipinski definition) is 0. The van der Waals surface area contributed by atoms with Gasteiger partial charge in [0.1, 0.15) is 22.1 Å². The molecule has 1 aliphatic heterocycles. The number of nitro groups is 1. The van der Waals surface area contributed by atoms with Crippen LogP contribution in [0.2, 0.25) is 0 Å². The van der Waals surface area contributed by atoms with E-state index in [0.29, 0.717) is 22.0 Å². The Kier molecular flexibility index (Phi) is 5.23. The van der Waals surface area contributed by atoms with Crippen LogP contribution < -0.4 is 0 Å². The molecule has 0 amide bonds. The summed E-state index contributed by atoms with van der Waals surface area (Å²) in [6, 6.07) is 24.3. The van der Waals surface area contributed by atoms with Crippen molar-refractivity contribution in [3.8, 4) is 0 Å². The summed E-state index contributed by atoms with van der Waals surface area (Å²) in [6.07, 6.45) is 1.53. The molecule has 0 aliphatic carbocycles. The van der Waals surface area contributed by atoms with Gasteiger partial charge in [-0.15, -0.1) is 0 Å². The van der Waals surface area contributed by atoms with Crippen molar-refractivity contribution < 1.29 is 4.92 Å². The monoisotopic (exact) mass is 442 g/mol.